The lowest BCUT2D eigenvalue weighted by atomic mass is 10.3. The summed E-state index contributed by atoms with van der Waals surface area (Å²) in [4.78, 5) is 11.4. The van der Waals surface area contributed by atoms with Crippen molar-refractivity contribution in [2.24, 2.45) is 7.05 Å². The summed E-state index contributed by atoms with van der Waals surface area (Å²) >= 11 is 7.14. The molecule has 0 amide bonds. The van der Waals surface area contributed by atoms with Crippen LogP contribution in [0.5, 0.6) is 0 Å². The number of halogens is 1. The molecule has 1 aromatic carbocycles. The van der Waals surface area contributed by atoms with Crippen molar-refractivity contribution in [2.45, 2.75) is 4.21 Å². The molecule has 0 aliphatic heterocycles. The monoisotopic (exact) mass is 344 g/mol. The Balaban J connectivity index is 2.11. The van der Waals surface area contributed by atoms with Crippen molar-refractivity contribution in [3.05, 3.63) is 45.2 Å². The molecule has 3 aromatic rings. The number of anilines is 1. The molecule has 0 aliphatic carbocycles. The minimum Gasteiger partial charge on any atom is -0.408 e. The van der Waals surface area contributed by atoms with Gasteiger partial charge in [-0.3, -0.25) is 9.29 Å². The van der Waals surface area contributed by atoms with Gasteiger partial charge in [0.15, 0.2) is 5.58 Å². The van der Waals surface area contributed by atoms with Crippen LogP contribution in [0.3, 0.4) is 0 Å². The van der Waals surface area contributed by atoms with Crippen molar-refractivity contribution in [1.82, 2.24) is 4.57 Å². The molecule has 0 spiro atoms. The smallest absolute Gasteiger partial charge is 0.408 e. The number of oxazole rings is 1. The van der Waals surface area contributed by atoms with Crippen LogP contribution in [-0.2, 0) is 17.1 Å². The molecule has 0 saturated heterocycles. The lowest BCUT2D eigenvalue weighted by Gasteiger charge is -2.08. The van der Waals surface area contributed by atoms with Crippen LogP contribution in [-0.4, -0.2) is 13.0 Å². The van der Waals surface area contributed by atoms with E-state index < -0.39 is 15.8 Å². The Labute approximate surface area is 128 Å². The maximum Gasteiger partial charge on any atom is 0.419 e. The second kappa shape index (κ2) is 4.90. The Hall–Kier alpha value is -1.77. The Bertz CT molecular complexity index is 971. The van der Waals surface area contributed by atoms with Gasteiger partial charge < -0.3 is 4.42 Å². The summed E-state index contributed by atoms with van der Waals surface area (Å²) in [5.74, 6) is -0.542. The van der Waals surface area contributed by atoms with Gasteiger partial charge in [0.25, 0.3) is 10.0 Å². The van der Waals surface area contributed by atoms with E-state index >= 15 is 0 Å². The molecule has 0 unspecified atom stereocenters. The first-order valence-corrected chi connectivity index (χ1v) is 8.48. The number of nitrogens with zero attached hydrogens (tertiary/aromatic N) is 1. The zero-order valence-electron chi connectivity index (χ0n) is 10.7. The SMILES string of the molecule is Cn1c(=O)oc2cc(Cl)c(NS(=O)(=O)c3cccs3)cc21. The highest BCUT2D eigenvalue weighted by Crippen LogP contribution is 2.30. The average molecular weight is 345 g/mol. The van der Waals surface area contributed by atoms with Crippen LogP contribution in [0.15, 0.2) is 43.1 Å². The Morgan fingerprint density at radius 1 is 1.38 bits per heavy atom. The molecule has 0 atom stereocenters. The largest absolute Gasteiger partial charge is 0.419 e. The first-order valence-electron chi connectivity index (χ1n) is 5.74. The molecule has 9 heteroatoms. The summed E-state index contributed by atoms with van der Waals surface area (Å²) in [7, 11) is -2.17. The minimum atomic E-state index is -3.70. The second-order valence-corrected chi connectivity index (χ2v) is 7.53. The van der Waals surface area contributed by atoms with Crippen LogP contribution in [0.4, 0.5) is 5.69 Å². The van der Waals surface area contributed by atoms with Crippen LogP contribution in [0.2, 0.25) is 5.02 Å². The molecule has 21 heavy (non-hydrogen) atoms. The predicted octanol–water partition coefficient (Wildman–Crippen LogP) is 2.65. The zero-order chi connectivity index (χ0) is 15.2. The van der Waals surface area contributed by atoms with Gasteiger partial charge in [-0.15, -0.1) is 11.3 Å². The molecule has 3 rings (SSSR count). The van der Waals surface area contributed by atoms with Gasteiger partial charge >= 0.3 is 5.76 Å². The van der Waals surface area contributed by atoms with E-state index in [1.54, 1.807) is 11.4 Å². The van der Waals surface area contributed by atoms with Crippen molar-refractivity contribution in [3.63, 3.8) is 0 Å². The highest BCUT2D eigenvalue weighted by atomic mass is 35.5. The van der Waals surface area contributed by atoms with E-state index in [-0.39, 0.29) is 14.9 Å². The molecular formula is C12H9ClN2O4S2. The number of sulfonamides is 1. The molecule has 6 nitrogen and oxygen atoms in total. The van der Waals surface area contributed by atoms with Gasteiger partial charge in [-0.2, -0.15) is 0 Å². The predicted molar refractivity (Wildman–Crippen MR) is 81.6 cm³/mol. The average Bonchev–Trinajstić information content (AvgIpc) is 3.02. The minimum absolute atomic E-state index is 0.150. The number of hydrogen-bond donors (Lipinski definition) is 1. The van der Waals surface area contributed by atoms with E-state index in [0.29, 0.717) is 11.1 Å². The van der Waals surface area contributed by atoms with Crippen molar-refractivity contribution < 1.29 is 12.8 Å². The molecule has 0 radical (unpaired) electrons. The van der Waals surface area contributed by atoms with Gasteiger partial charge in [-0.05, 0) is 17.5 Å². The van der Waals surface area contributed by atoms with E-state index in [2.05, 4.69) is 4.72 Å². The third kappa shape index (κ3) is 2.45. The van der Waals surface area contributed by atoms with E-state index in [0.717, 1.165) is 11.3 Å². The molecule has 0 bridgehead atoms. The van der Waals surface area contributed by atoms with E-state index in [1.807, 2.05) is 0 Å². The highest BCUT2D eigenvalue weighted by molar-refractivity contribution is 7.94. The summed E-state index contributed by atoms with van der Waals surface area (Å²) in [5.41, 5.74) is 0.939. The fourth-order valence-electron chi connectivity index (χ4n) is 1.84. The topological polar surface area (TPSA) is 81.3 Å². The van der Waals surface area contributed by atoms with E-state index in [9.17, 15) is 13.2 Å². The number of aryl methyl sites for hydroxylation is 1. The highest BCUT2D eigenvalue weighted by Gasteiger charge is 2.18. The lowest BCUT2D eigenvalue weighted by Crippen LogP contribution is -2.12. The molecule has 0 aliphatic rings. The standard InChI is InChI=1S/C12H9ClN2O4S2/c1-15-9-6-8(7(13)5-10(9)19-12(15)16)14-21(17,18)11-3-2-4-20-11/h2-6,14H,1H3. The maximum atomic E-state index is 12.2. The molecule has 1 N–H and O–H groups in total. The Kier molecular flexibility index (Phi) is 3.31. The number of rotatable bonds is 3. The fraction of sp³-hybridized carbons (Fsp3) is 0.0833. The van der Waals surface area contributed by atoms with Gasteiger partial charge in [0.05, 0.1) is 16.2 Å². The molecule has 2 heterocycles. The molecule has 0 fully saturated rings. The first kappa shape index (κ1) is 14.2. The van der Waals surface area contributed by atoms with Gasteiger partial charge in [-0.25, -0.2) is 13.2 Å². The molecule has 110 valence electrons. The van der Waals surface area contributed by atoms with Crippen molar-refractivity contribution >= 4 is 49.7 Å². The van der Waals surface area contributed by atoms with Crippen LogP contribution in [0.25, 0.3) is 11.1 Å². The van der Waals surface area contributed by atoms with Crippen LogP contribution < -0.4 is 10.5 Å². The van der Waals surface area contributed by atoms with Crippen LogP contribution in [0, 0.1) is 0 Å². The van der Waals surface area contributed by atoms with Crippen LogP contribution in [0.1, 0.15) is 0 Å². The summed E-state index contributed by atoms with van der Waals surface area (Å²) in [6.07, 6.45) is 0. The maximum absolute atomic E-state index is 12.2. The summed E-state index contributed by atoms with van der Waals surface area (Å²) in [5, 5.41) is 1.82. The van der Waals surface area contributed by atoms with Crippen molar-refractivity contribution in [1.29, 1.82) is 0 Å². The number of thiophene rings is 1. The van der Waals surface area contributed by atoms with Gasteiger partial charge in [0.2, 0.25) is 0 Å². The number of nitrogens with one attached hydrogen (secondary N) is 1. The van der Waals surface area contributed by atoms with Crippen LogP contribution >= 0.6 is 22.9 Å². The van der Waals surface area contributed by atoms with E-state index in [1.165, 1.54) is 29.8 Å². The quantitative estimate of drug-likeness (QED) is 0.792. The number of aromatic nitrogens is 1. The summed E-state index contributed by atoms with van der Waals surface area (Å²) < 4.78 is 33.2. The Morgan fingerprint density at radius 3 is 2.81 bits per heavy atom. The molecule has 2 aromatic heterocycles. The van der Waals surface area contributed by atoms with Gasteiger partial charge in [0, 0.05) is 13.1 Å². The zero-order valence-corrected chi connectivity index (χ0v) is 13.1. The number of fused-ring (bicyclic) bond motifs is 1. The third-order valence-electron chi connectivity index (χ3n) is 2.89. The van der Waals surface area contributed by atoms with Gasteiger partial charge in [-0.1, -0.05) is 17.7 Å². The normalized spacial score (nSPS) is 11.9. The Morgan fingerprint density at radius 2 is 2.14 bits per heavy atom. The van der Waals surface area contributed by atoms with Gasteiger partial charge in [0.1, 0.15) is 4.21 Å². The lowest BCUT2D eigenvalue weighted by molar-refractivity contribution is 0.528. The molecular weight excluding hydrogens is 336 g/mol. The number of hydrogen-bond acceptors (Lipinski definition) is 5. The van der Waals surface area contributed by atoms with Crippen molar-refractivity contribution in [3.8, 4) is 0 Å². The third-order valence-corrected chi connectivity index (χ3v) is 5.96. The molecule has 0 saturated carbocycles. The fourth-order valence-corrected chi connectivity index (χ4v) is 4.16. The first-order chi connectivity index (χ1) is 9.88. The van der Waals surface area contributed by atoms with Crippen molar-refractivity contribution in [2.75, 3.05) is 4.72 Å². The summed E-state index contributed by atoms with van der Waals surface area (Å²) in [6.45, 7) is 0. The summed E-state index contributed by atoms with van der Waals surface area (Å²) in [6, 6.07) is 6.01. The second-order valence-electron chi connectivity index (χ2n) is 4.26. The number of benzene rings is 1. The van der Waals surface area contributed by atoms with E-state index in [4.69, 9.17) is 16.0 Å².